The van der Waals surface area contributed by atoms with Gasteiger partial charge in [0, 0.05) is 0 Å². The summed E-state index contributed by atoms with van der Waals surface area (Å²) in [6, 6.07) is 10.3. The van der Waals surface area contributed by atoms with Gasteiger partial charge in [0.05, 0.1) is 17.9 Å². The summed E-state index contributed by atoms with van der Waals surface area (Å²) in [5, 5.41) is 0. The molecule has 0 saturated carbocycles. The molecule has 0 N–H and O–H groups in total. The molecule has 1 unspecified atom stereocenters. The third-order valence-corrected chi connectivity index (χ3v) is 2.97. The zero-order valence-corrected chi connectivity index (χ0v) is 9.44. The van der Waals surface area contributed by atoms with Crippen molar-refractivity contribution in [1.82, 2.24) is 0 Å². The predicted octanol–water partition coefficient (Wildman–Crippen LogP) is 2.07. The lowest BCUT2D eigenvalue weighted by Gasteiger charge is -2.11. The summed E-state index contributed by atoms with van der Waals surface area (Å²) < 4.78 is 11.1. The molecule has 1 heterocycles. The van der Waals surface area contributed by atoms with Crippen LogP contribution < -0.4 is 0 Å². The van der Waals surface area contributed by atoms with Crippen LogP contribution in [0.25, 0.3) is 0 Å². The second-order valence-electron chi connectivity index (χ2n) is 3.32. The van der Waals surface area contributed by atoms with Crippen LogP contribution in [0.5, 0.6) is 0 Å². The van der Waals surface area contributed by atoms with Crippen LogP contribution >= 0.6 is 15.9 Å². The minimum absolute atomic E-state index is 0.0878. The van der Waals surface area contributed by atoms with E-state index >= 15 is 0 Å². The van der Waals surface area contributed by atoms with Gasteiger partial charge in [-0.3, -0.25) is 0 Å². The van der Waals surface area contributed by atoms with E-state index in [1.807, 2.05) is 18.2 Å². The molecule has 2 rings (SSSR count). The van der Waals surface area contributed by atoms with Crippen molar-refractivity contribution < 1.29 is 9.31 Å². The molecule has 14 heavy (non-hydrogen) atoms. The highest BCUT2D eigenvalue weighted by atomic mass is 79.9. The van der Waals surface area contributed by atoms with E-state index in [-0.39, 0.29) is 11.8 Å². The van der Waals surface area contributed by atoms with Crippen molar-refractivity contribution in [2.45, 2.75) is 11.1 Å². The third kappa shape index (κ3) is 2.59. The van der Waals surface area contributed by atoms with E-state index in [0.29, 0.717) is 13.2 Å². The molecule has 0 aromatic heterocycles. The number of benzene rings is 1. The van der Waals surface area contributed by atoms with Gasteiger partial charge in [-0.1, -0.05) is 46.3 Å². The minimum Gasteiger partial charge on any atom is -0.408 e. The van der Waals surface area contributed by atoms with Crippen molar-refractivity contribution >= 4 is 23.0 Å². The molecule has 0 radical (unpaired) electrons. The van der Waals surface area contributed by atoms with Gasteiger partial charge in [-0.05, 0) is 12.0 Å². The molecule has 0 amide bonds. The molecule has 1 saturated heterocycles. The largest absolute Gasteiger partial charge is 0.471 e. The van der Waals surface area contributed by atoms with Crippen molar-refractivity contribution in [3.63, 3.8) is 0 Å². The van der Waals surface area contributed by atoms with E-state index in [1.165, 1.54) is 5.56 Å². The van der Waals surface area contributed by atoms with Crippen LogP contribution in [0.1, 0.15) is 5.56 Å². The summed E-state index contributed by atoms with van der Waals surface area (Å²) in [5.74, 6) is 0. The number of alkyl halides is 1. The lowest BCUT2D eigenvalue weighted by molar-refractivity contribution is 0.365. The second kappa shape index (κ2) is 4.96. The normalized spacial score (nSPS) is 18.5. The summed E-state index contributed by atoms with van der Waals surface area (Å²) in [7, 11) is -0.0878. The van der Waals surface area contributed by atoms with Crippen molar-refractivity contribution in [1.29, 1.82) is 0 Å². The average Bonchev–Trinajstić information content (AvgIpc) is 2.72. The van der Waals surface area contributed by atoms with Gasteiger partial charge >= 0.3 is 7.12 Å². The van der Waals surface area contributed by atoms with E-state index in [9.17, 15) is 0 Å². The Bertz CT molecular complexity index is 275. The van der Waals surface area contributed by atoms with Crippen LogP contribution in [-0.4, -0.2) is 25.1 Å². The van der Waals surface area contributed by atoms with Gasteiger partial charge in [-0.25, -0.2) is 0 Å². The fraction of sp³-hybridized carbons (Fsp3) is 0.400. The lowest BCUT2D eigenvalue weighted by Crippen LogP contribution is -2.29. The van der Waals surface area contributed by atoms with Crippen LogP contribution in [-0.2, 0) is 15.7 Å². The topological polar surface area (TPSA) is 18.5 Å². The molecule has 2 nitrogen and oxygen atoms in total. The molecular weight excluding hydrogens is 243 g/mol. The molecule has 0 bridgehead atoms. The Hall–Kier alpha value is -0.315. The molecule has 1 fully saturated rings. The van der Waals surface area contributed by atoms with Crippen LogP contribution in [0.4, 0.5) is 0 Å². The summed E-state index contributed by atoms with van der Waals surface area (Å²) in [6.07, 6.45) is 0.936. The quantitative estimate of drug-likeness (QED) is 0.608. The Balaban J connectivity index is 1.90. The van der Waals surface area contributed by atoms with Crippen molar-refractivity contribution in [2.24, 2.45) is 0 Å². The van der Waals surface area contributed by atoms with E-state index in [1.54, 1.807) is 0 Å². The minimum atomic E-state index is -0.0878. The Morgan fingerprint density at radius 2 is 1.86 bits per heavy atom. The van der Waals surface area contributed by atoms with Gasteiger partial charge in [0.15, 0.2) is 0 Å². The fourth-order valence-electron chi connectivity index (χ4n) is 1.52. The highest BCUT2D eigenvalue weighted by molar-refractivity contribution is 9.10. The molecule has 1 atom stereocenters. The smallest absolute Gasteiger partial charge is 0.408 e. The molecule has 1 aromatic carbocycles. The second-order valence-corrected chi connectivity index (χ2v) is 4.49. The van der Waals surface area contributed by atoms with Gasteiger partial charge < -0.3 is 9.31 Å². The van der Waals surface area contributed by atoms with Crippen molar-refractivity contribution in [3.05, 3.63) is 35.9 Å². The first-order chi connectivity index (χ1) is 6.86. The fourth-order valence-corrected chi connectivity index (χ4v) is 2.20. The molecule has 4 heteroatoms. The van der Waals surface area contributed by atoms with Gasteiger partial charge in [0.1, 0.15) is 0 Å². The number of hydrogen-bond acceptors (Lipinski definition) is 2. The van der Waals surface area contributed by atoms with Gasteiger partial charge in [-0.15, -0.1) is 0 Å². The maximum atomic E-state index is 5.42. The maximum absolute atomic E-state index is 5.42. The Morgan fingerprint density at radius 1 is 1.21 bits per heavy atom. The van der Waals surface area contributed by atoms with Crippen LogP contribution in [0.2, 0.25) is 0 Å². The Kier molecular flexibility index (Phi) is 3.62. The summed E-state index contributed by atoms with van der Waals surface area (Å²) in [6.45, 7) is 1.42. The number of halogens is 1. The zero-order chi connectivity index (χ0) is 9.80. The SMILES string of the molecule is BrC(Cc1ccccc1)B1OCCO1. The standard InChI is InChI=1S/C10H12BBrO2/c12-10(11-13-6-7-14-11)8-9-4-2-1-3-5-9/h1-5,10H,6-8H2. The average molecular weight is 255 g/mol. The molecule has 74 valence electrons. The number of rotatable bonds is 3. The van der Waals surface area contributed by atoms with E-state index in [0.717, 1.165) is 6.42 Å². The first-order valence-corrected chi connectivity index (χ1v) is 5.69. The summed E-state index contributed by atoms with van der Waals surface area (Å²) >= 11 is 3.59. The Labute approximate surface area is 92.9 Å². The maximum Gasteiger partial charge on any atom is 0.471 e. The molecule has 1 aromatic rings. The molecule has 1 aliphatic rings. The zero-order valence-electron chi connectivity index (χ0n) is 7.86. The third-order valence-electron chi connectivity index (χ3n) is 2.22. The van der Waals surface area contributed by atoms with Crippen LogP contribution in [0.15, 0.2) is 30.3 Å². The molecule has 1 aliphatic heterocycles. The van der Waals surface area contributed by atoms with Crippen LogP contribution in [0.3, 0.4) is 0 Å². The molecular formula is C10H12BBrO2. The van der Waals surface area contributed by atoms with E-state index < -0.39 is 0 Å². The first-order valence-electron chi connectivity index (χ1n) is 4.77. The van der Waals surface area contributed by atoms with Gasteiger partial charge in [0.2, 0.25) is 0 Å². The predicted molar refractivity (Wildman–Crippen MR) is 60.5 cm³/mol. The van der Waals surface area contributed by atoms with E-state index in [2.05, 4.69) is 28.1 Å². The van der Waals surface area contributed by atoms with Gasteiger partial charge in [0.25, 0.3) is 0 Å². The number of hydrogen-bond donors (Lipinski definition) is 0. The van der Waals surface area contributed by atoms with Crippen LogP contribution in [0, 0.1) is 0 Å². The Morgan fingerprint density at radius 3 is 2.50 bits per heavy atom. The first kappa shape index (κ1) is 10.2. The molecule has 0 spiro atoms. The lowest BCUT2D eigenvalue weighted by atomic mass is 9.81. The van der Waals surface area contributed by atoms with Gasteiger partial charge in [-0.2, -0.15) is 0 Å². The molecule has 0 aliphatic carbocycles. The summed E-state index contributed by atoms with van der Waals surface area (Å²) in [5.41, 5.74) is 1.30. The highest BCUT2D eigenvalue weighted by Gasteiger charge is 2.31. The van der Waals surface area contributed by atoms with E-state index in [4.69, 9.17) is 9.31 Å². The monoisotopic (exact) mass is 254 g/mol. The van der Waals surface area contributed by atoms with Crippen molar-refractivity contribution in [2.75, 3.05) is 13.2 Å². The summed E-state index contributed by atoms with van der Waals surface area (Å²) in [4.78, 5) is 0. The highest BCUT2D eigenvalue weighted by Crippen LogP contribution is 2.16. The van der Waals surface area contributed by atoms with Crippen molar-refractivity contribution in [3.8, 4) is 0 Å².